The number of amides is 1. The van der Waals surface area contributed by atoms with Crippen LogP contribution in [0.1, 0.15) is 11.7 Å². The third-order valence-corrected chi connectivity index (χ3v) is 1.87. The van der Waals surface area contributed by atoms with E-state index in [1.54, 1.807) is 12.1 Å². The number of aliphatic hydroxyl groups is 2. The molecule has 0 bridgehead atoms. The number of anilines is 1. The van der Waals surface area contributed by atoms with Gasteiger partial charge in [-0.25, -0.2) is 0 Å². The predicted molar refractivity (Wildman–Crippen MR) is 51.0 cm³/mol. The molecular weight excluding hydrogens is 184 g/mol. The molecule has 0 aromatic heterocycles. The molecule has 0 aliphatic heterocycles. The first-order valence-corrected chi connectivity index (χ1v) is 4.03. The molecule has 0 heterocycles. The van der Waals surface area contributed by atoms with Gasteiger partial charge in [-0.15, -0.1) is 0 Å². The third kappa shape index (κ3) is 2.21. The SMILES string of the molecule is NC(=O)C(O)C(O)c1ccc(N)cc1. The standard InChI is InChI=1S/C9H12N2O3/c10-6-3-1-5(2-4-6)7(12)8(13)9(11)14/h1-4,7-8,12-13H,10H2,(H2,11,14). The Bertz CT molecular complexity index is 323. The average Bonchev–Trinajstić information content (AvgIpc) is 2.16. The van der Waals surface area contributed by atoms with Gasteiger partial charge in [0, 0.05) is 5.69 Å². The van der Waals surface area contributed by atoms with Crippen LogP contribution in [-0.4, -0.2) is 22.2 Å². The zero-order valence-electron chi connectivity index (χ0n) is 7.42. The number of hydrogen-bond donors (Lipinski definition) is 4. The number of primary amides is 1. The highest BCUT2D eigenvalue weighted by molar-refractivity contribution is 5.79. The summed E-state index contributed by atoms with van der Waals surface area (Å²) in [4.78, 5) is 10.6. The Kier molecular flexibility index (Phi) is 3.06. The average molecular weight is 196 g/mol. The second-order valence-electron chi connectivity index (χ2n) is 2.96. The van der Waals surface area contributed by atoms with E-state index in [1.807, 2.05) is 0 Å². The second kappa shape index (κ2) is 4.08. The van der Waals surface area contributed by atoms with Gasteiger partial charge < -0.3 is 21.7 Å². The van der Waals surface area contributed by atoms with E-state index in [0.29, 0.717) is 11.3 Å². The zero-order chi connectivity index (χ0) is 10.7. The number of hydrogen-bond acceptors (Lipinski definition) is 4. The molecule has 2 unspecified atom stereocenters. The molecule has 0 fully saturated rings. The number of nitrogen functional groups attached to an aromatic ring is 1. The van der Waals surface area contributed by atoms with Crippen LogP contribution in [0.5, 0.6) is 0 Å². The molecular formula is C9H12N2O3. The van der Waals surface area contributed by atoms with Crippen molar-refractivity contribution in [3.63, 3.8) is 0 Å². The number of carbonyl (C=O) groups excluding carboxylic acids is 1. The van der Waals surface area contributed by atoms with Crippen molar-refractivity contribution in [3.05, 3.63) is 29.8 Å². The van der Waals surface area contributed by atoms with Crippen LogP contribution in [0.3, 0.4) is 0 Å². The normalized spacial score (nSPS) is 14.7. The second-order valence-corrected chi connectivity index (χ2v) is 2.96. The van der Waals surface area contributed by atoms with Gasteiger partial charge in [0.2, 0.25) is 5.91 Å². The van der Waals surface area contributed by atoms with Crippen molar-refractivity contribution in [3.8, 4) is 0 Å². The third-order valence-electron chi connectivity index (χ3n) is 1.87. The molecule has 0 saturated carbocycles. The van der Waals surface area contributed by atoms with E-state index < -0.39 is 18.1 Å². The highest BCUT2D eigenvalue weighted by Gasteiger charge is 2.22. The molecule has 1 amide bonds. The lowest BCUT2D eigenvalue weighted by Gasteiger charge is -2.14. The highest BCUT2D eigenvalue weighted by Crippen LogP contribution is 2.17. The van der Waals surface area contributed by atoms with Gasteiger partial charge in [-0.1, -0.05) is 12.1 Å². The number of benzene rings is 1. The lowest BCUT2D eigenvalue weighted by molar-refractivity contribution is -0.131. The van der Waals surface area contributed by atoms with Crippen LogP contribution >= 0.6 is 0 Å². The molecule has 14 heavy (non-hydrogen) atoms. The molecule has 0 aliphatic rings. The number of nitrogens with two attached hydrogens (primary N) is 2. The van der Waals surface area contributed by atoms with Crippen LogP contribution in [0.2, 0.25) is 0 Å². The molecule has 2 atom stereocenters. The van der Waals surface area contributed by atoms with Gasteiger partial charge in [0.15, 0.2) is 6.10 Å². The van der Waals surface area contributed by atoms with E-state index in [9.17, 15) is 9.90 Å². The van der Waals surface area contributed by atoms with Crippen molar-refractivity contribution in [2.45, 2.75) is 12.2 Å². The molecule has 5 nitrogen and oxygen atoms in total. The van der Waals surface area contributed by atoms with E-state index in [1.165, 1.54) is 12.1 Å². The molecule has 76 valence electrons. The van der Waals surface area contributed by atoms with Gasteiger partial charge in [-0.3, -0.25) is 4.79 Å². The number of rotatable bonds is 3. The molecule has 0 spiro atoms. The molecule has 5 heteroatoms. The summed E-state index contributed by atoms with van der Waals surface area (Å²) >= 11 is 0. The van der Waals surface area contributed by atoms with Crippen molar-refractivity contribution < 1.29 is 15.0 Å². The van der Waals surface area contributed by atoms with Gasteiger partial charge in [0.05, 0.1) is 0 Å². The van der Waals surface area contributed by atoms with Gasteiger partial charge >= 0.3 is 0 Å². The van der Waals surface area contributed by atoms with E-state index in [4.69, 9.17) is 16.6 Å². The Morgan fingerprint density at radius 2 is 1.71 bits per heavy atom. The quantitative estimate of drug-likeness (QED) is 0.472. The summed E-state index contributed by atoms with van der Waals surface area (Å²) in [5.41, 5.74) is 11.2. The first kappa shape index (κ1) is 10.5. The van der Waals surface area contributed by atoms with Crippen LogP contribution in [0, 0.1) is 0 Å². The first-order valence-electron chi connectivity index (χ1n) is 4.03. The van der Waals surface area contributed by atoms with Crippen LogP contribution < -0.4 is 11.5 Å². The topological polar surface area (TPSA) is 110 Å². The Morgan fingerprint density at radius 1 is 1.21 bits per heavy atom. The van der Waals surface area contributed by atoms with Gasteiger partial charge in [-0.2, -0.15) is 0 Å². The van der Waals surface area contributed by atoms with E-state index in [2.05, 4.69) is 0 Å². The van der Waals surface area contributed by atoms with Crippen LogP contribution in [0.4, 0.5) is 5.69 Å². The molecule has 1 aromatic rings. The van der Waals surface area contributed by atoms with E-state index in [-0.39, 0.29) is 0 Å². The minimum atomic E-state index is -1.60. The molecule has 0 aliphatic carbocycles. The Balaban J connectivity index is 2.84. The van der Waals surface area contributed by atoms with Gasteiger partial charge in [0.25, 0.3) is 0 Å². The van der Waals surface area contributed by atoms with E-state index >= 15 is 0 Å². The lowest BCUT2D eigenvalue weighted by Crippen LogP contribution is -2.33. The highest BCUT2D eigenvalue weighted by atomic mass is 16.3. The lowest BCUT2D eigenvalue weighted by atomic mass is 10.0. The van der Waals surface area contributed by atoms with Crippen LogP contribution in [0.25, 0.3) is 0 Å². The summed E-state index contributed by atoms with van der Waals surface area (Å²) in [7, 11) is 0. The smallest absolute Gasteiger partial charge is 0.249 e. The fraction of sp³-hybridized carbons (Fsp3) is 0.222. The molecule has 0 saturated heterocycles. The maximum Gasteiger partial charge on any atom is 0.249 e. The Labute approximate surface area is 81.0 Å². The molecule has 6 N–H and O–H groups in total. The summed E-state index contributed by atoms with van der Waals surface area (Å²) < 4.78 is 0. The summed E-state index contributed by atoms with van der Waals surface area (Å²) in [6.07, 6.45) is -2.91. The summed E-state index contributed by atoms with van der Waals surface area (Å²) in [5.74, 6) is -0.964. The molecule has 1 aromatic carbocycles. The summed E-state index contributed by atoms with van der Waals surface area (Å²) in [5, 5.41) is 18.6. The Morgan fingerprint density at radius 3 is 2.14 bits per heavy atom. The minimum Gasteiger partial charge on any atom is -0.399 e. The monoisotopic (exact) mass is 196 g/mol. The van der Waals surface area contributed by atoms with Crippen molar-refractivity contribution >= 4 is 11.6 Å². The minimum absolute atomic E-state index is 0.394. The van der Waals surface area contributed by atoms with Gasteiger partial charge in [0.1, 0.15) is 6.10 Å². The maximum atomic E-state index is 10.6. The van der Waals surface area contributed by atoms with Crippen molar-refractivity contribution in [1.29, 1.82) is 0 Å². The predicted octanol–water partition coefficient (Wildman–Crippen LogP) is -0.852. The fourth-order valence-corrected chi connectivity index (χ4v) is 1.03. The molecule has 0 radical (unpaired) electrons. The largest absolute Gasteiger partial charge is 0.399 e. The fourth-order valence-electron chi connectivity index (χ4n) is 1.03. The number of aliphatic hydroxyl groups excluding tert-OH is 2. The van der Waals surface area contributed by atoms with Crippen molar-refractivity contribution in [2.75, 3.05) is 5.73 Å². The zero-order valence-corrected chi connectivity index (χ0v) is 7.42. The van der Waals surface area contributed by atoms with E-state index in [0.717, 1.165) is 0 Å². The van der Waals surface area contributed by atoms with Crippen molar-refractivity contribution in [2.24, 2.45) is 5.73 Å². The Hall–Kier alpha value is -1.59. The van der Waals surface area contributed by atoms with Crippen molar-refractivity contribution in [1.82, 2.24) is 0 Å². The van der Waals surface area contributed by atoms with Crippen LogP contribution in [-0.2, 0) is 4.79 Å². The summed E-state index contributed by atoms with van der Waals surface area (Å²) in [6.45, 7) is 0. The van der Waals surface area contributed by atoms with Gasteiger partial charge in [-0.05, 0) is 17.7 Å². The summed E-state index contributed by atoms with van der Waals surface area (Å²) in [6, 6.07) is 6.16. The molecule has 1 rings (SSSR count). The maximum absolute atomic E-state index is 10.6. The number of carbonyl (C=O) groups is 1. The van der Waals surface area contributed by atoms with Crippen LogP contribution in [0.15, 0.2) is 24.3 Å². The first-order chi connectivity index (χ1) is 6.52.